The van der Waals surface area contributed by atoms with E-state index in [0.29, 0.717) is 24.5 Å². The summed E-state index contributed by atoms with van der Waals surface area (Å²) in [6.45, 7) is 0.557. The fourth-order valence-electron chi connectivity index (χ4n) is 3.94. The molecule has 190 valence electrons. The van der Waals surface area contributed by atoms with E-state index in [-0.39, 0.29) is 9.79 Å². The third-order valence-corrected chi connectivity index (χ3v) is 10.2. The minimum absolute atomic E-state index is 0.0728. The summed E-state index contributed by atoms with van der Waals surface area (Å²) in [6, 6.07) is 20.7. The molecule has 0 spiro atoms. The highest BCUT2D eigenvalue weighted by Crippen LogP contribution is 2.25. The first-order valence-corrected chi connectivity index (χ1v) is 15.4. The van der Waals surface area contributed by atoms with Crippen LogP contribution in [0.3, 0.4) is 0 Å². The number of sulfonamides is 2. The number of amides is 1. The van der Waals surface area contributed by atoms with Crippen LogP contribution in [0.4, 0.5) is 11.4 Å². The van der Waals surface area contributed by atoms with E-state index in [1.165, 1.54) is 40.7 Å². The van der Waals surface area contributed by atoms with Gasteiger partial charge in [-0.3, -0.25) is 9.10 Å². The van der Waals surface area contributed by atoms with Crippen molar-refractivity contribution in [2.75, 3.05) is 29.3 Å². The molecule has 11 heteroatoms. The normalized spacial score (nSPS) is 14.8. The predicted molar refractivity (Wildman–Crippen MR) is 148 cm³/mol. The summed E-state index contributed by atoms with van der Waals surface area (Å²) in [5.41, 5.74) is 0.731. The van der Waals surface area contributed by atoms with E-state index < -0.39 is 32.5 Å². The van der Waals surface area contributed by atoms with Gasteiger partial charge in [-0.05, 0) is 96.1 Å². The Bertz CT molecular complexity index is 1410. The fourth-order valence-corrected chi connectivity index (χ4v) is 7.26. The van der Waals surface area contributed by atoms with Gasteiger partial charge in [0.15, 0.2) is 0 Å². The summed E-state index contributed by atoms with van der Waals surface area (Å²) in [6.07, 6.45) is 2.71. The van der Waals surface area contributed by atoms with Gasteiger partial charge >= 0.3 is 0 Å². The number of hydrogen-bond donors (Lipinski definition) is 1. The molecule has 0 bridgehead atoms. The summed E-state index contributed by atoms with van der Waals surface area (Å²) >= 11 is 2.12. The lowest BCUT2D eigenvalue weighted by atomic mass is 10.2. The predicted octanol–water partition coefficient (Wildman–Crippen LogP) is 4.30. The average molecular weight is 640 g/mol. The monoisotopic (exact) mass is 639 g/mol. The quantitative estimate of drug-likeness (QED) is 0.371. The van der Waals surface area contributed by atoms with Crippen LogP contribution in [0.25, 0.3) is 0 Å². The highest BCUT2D eigenvalue weighted by Gasteiger charge is 2.28. The van der Waals surface area contributed by atoms with E-state index in [1.54, 1.807) is 42.5 Å². The van der Waals surface area contributed by atoms with Gasteiger partial charge in [-0.15, -0.1) is 0 Å². The zero-order chi connectivity index (χ0) is 25.8. The maximum Gasteiger partial charge on any atom is 0.264 e. The first-order chi connectivity index (χ1) is 17.2. The molecule has 3 aromatic rings. The van der Waals surface area contributed by atoms with E-state index in [2.05, 4.69) is 27.9 Å². The van der Waals surface area contributed by atoms with Crippen LogP contribution >= 0.6 is 22.6 Å². The molecular weight excluding hydrogens is 613 g/mol. The Morgan fingerprint density at radius 1 is 0.806 bits per heavy atom. The highest BCUT2D eigenvalue weighted by molar-refractivity contribution is 14.1. The molecule has 1 N–H and O–H groups in total. The molecule has 1 aliphatic heterocycles. The third kappa shape index (κ3) is 6.07. The van der Waals surface area contributed by atoms with Crippen molar-refractivity contribution in [2.24, 2.45) is 0 Å². The van der Waals surface area contributed by atoms with Crippen LogP contribution in [0.15, 0.2) is 88.7 Å². The lowest BCUT2D eigenvalue weighted by Crippen LogP contribution is -2.38. The summed E-state index contributed by atoms with van der Waals surface area (Å²) in [7, 11) is -7.59. The number of benzene rings is 3. The minimum Gasteiger partial charge on any atom is -0.325 e. The second kappa shape index (κ2) is 11.3. The van der Waals surface area contributed by atoms with Gasteiger partial charge in [-0.25, -0.2) is 16.8 Å². The molecule has 1 saturated heterocycles. The number of carbonyl (C=O) groups is 1. The van der Waals surface area contributed by atoms with Gasteiger partial charge in [0.1, 0.15) is 6.54 Å². The first kappa shape index (κ1) is 26.6. The molecular formula is C25H26IN3O5S2. The van der Waals surface area contributed by atoms with Gasteiger partial charge < -0.3 is 5.32 Å². The maximum atomic E-state index is 13.4. The number of anilines is 2. The lowest BCUT2D eigenvalue weighted by molar-refractivity contribution is -0.114. The van der Waals surface area contributed by atoms with Gasteiger partial charge in [-0.1, -0.05) is 24.6 Å². The Labute approximate surface area is 225 Å². The molecule has 4 rings (SSSR count). The van der Waals surface area contributed by atoms with Crippen molar-refractivity contribution in [1.82, 2.24) is 4.31 Å². The summed E-state index contributed by atoms with van der Waals surface area (Å²) < 4.78 is 56.0. The molecule has 0 aromatic heterocycles. The summed E-state index contributed by atoms with van der Waals surface area (Å²) in [4.78, 5) is 13.2. The zero-order valence-corrected chi connectivity index (χ0v) is 23.2. The highest BCUT2D eigenvalue weighted by atomic mass is 127. The molecule has 0 aliphatic carbocycles. The Morgan fingerprint density at radius 3 is 2.03 bits per heavy atom. The number of carbonyl (C=O) groups excluding carboxylic acids is 1. The van der Waals surface area contributed by atoms with Gasteiger partial charge in [0.25, 0.3) is 10.0 Å². The third-order valence-electron chi connectivity index (χ3n) is 5.82. The second-order valence-corrected chi connectivity index (χ2v) is 13.4. The summed E-state index contributed by atoms with van der Waals surface area (Å²) in [5.74, 6) is -0.556. The van der Waals surface area contributed by atoms with Crippen LogP contribution in [0, 0.1) is 3.57 Å². The Hall–Kier alpha value is -2.48. The number of halogens is 1. The molecule has 0 radical (unpaired) electrons. The van der Waals surface area contributed by atoms with Crippen LogP contribution in [-0.2, 0) is 24.8 Å². The molecule has 1 heterocycles. The van der Waals surface area contributed by atoms with Crippen molar-refractivity contribution in [3.8, 4) is 0 Å². The van der Waals surface area contributed by atoms with Crippen LogP contribution in [0.5, 0.6) is 0 Å². The number of hydrogen-bond acceptors (Lipinski definition) is 5. The smallest absolute Gasteiger partial charge is 0.264 e. The van der Waals surface area contributed by atoms with Crippen molar-refractivity contribution in [1.29, 1.82) is 0 Å². The molecule has 8 nitrogen and oxygen atoms in total. The minimum atomic E-state index is -4.01. The number of nitrogens with one attached hydrogen (secondary N) is 1. The van der Waals surface area contributed by atoms with Crippen molar-refractivity contribution in [3.05, 3.63) is 82.4 Å². The van der Waals surface area contributed by atoms with E-state index in [0.717, 1.165) is 27.1 Å². The SMILES string of the molecule is O=C(CN(c1ccc(I)cc1)S(=O)(=O)c1ccccc1)Nc1ccc(S(=O)(=O)N2CCCCC2)cc1. The largest absolute Gasteiger partial charge is 0.325 e. The second-order valence-electron chi connectivity index (χ2n) is 8.34. The Balaban J connectivity index is 1.53. The van der Waals surface area contributed by atoms with Crippen LogP contribution in [0.1, 0.15) is 19.3 Å². The van der Waals surface area contributed by atoms with Crippen molar-refractivity contribution in [3.63, 3.8) is 0 Å². The van der Waals surface area contributed by atoms with Gasteiger partial charge in [0.05, 0.1) is 15.5 Å². The number of piperidine rings is 1. The Morgan fingerprint density at radius 2 is 1.42 bits per heavy atom. The van der Waals surface area contributed by atoms with E-state index in [9.17, 15) is 21.6 Å². The molecule has 1 amide bonds. The number of rotatable bonds is 8. The average Bonchev–Trinajstić information content (AvgIpc) is 2.89. The lowest BCUT2D eigenvalue weighted by Gasteiger charge is -2.26. The van der Waals surface area contributed by atoms with E-state index >= 15 is 0 Å². The standard InChI is InChI=1S/C25H26IN3O5S2/c26-20-9-13-22(14-10-20)29(36(33,34)23-7-3-1-4-8-23)19-25(30)27-21-11-15-24(16-12-21)35(31,32)28-17-5-2-6-18-28/h1,3-4,7-16H,2,5-6,17-19H2,(H,27,30). The molecule has 36 heavy (non-hydrogen) atoms. The van der Waals surface area contributed by atoms with Crippen LogP contribution in [-0.4, -0.2) is 46.7 Å². The zero-order valence-electron chi connectivity index (χ0n) is 19.4. The summed E-state index contributed by atoms with van der Waals surface area (Å²) in [5, 5.41) is 2.68. The van der Waals surface area contributed by atoms with Gasteiger partial charge in [-0.2, -0.15) is 4.31 Å². The molecule has 0 atom stereocenters. The van der Waals surface area contributed by atoms with Gasteiger partial charge in [0.2, 0.25) is 15.9 Å². The topological polar surface area (TPSA) is 104 Å². The van der Waals surface area contributed by atoms with Crippen molar-refractivity contribution >= 4 is 59.9 Å². The van der Waals surface area contributed by atoms with Crippen molar-refractivity contribution in [2.45, 2.75) is 29.1 Å². The number of nitrogens with zero attached hydrogens (tertiary/aromatic N) is 2. The molecule has 1 fully saturated rings. The molecule has 1 aliphatic rings. The van der Waals surface area contributed by atoms with E-state index in [1.807, 2.05) is 0 Å². The molecule has 3 aromatic carbocycles. The van der Waals surface area contributed by atoms with Crippen LogP contribution in [0.2, 0.25) is 0 Å². The maximum absolute atomic E-state index is 13.4. The first-order valence-electron chi connectivity index (χ1n) is 11.4. The van der Waals surface area contributed by atoms with Crippen molar-refractivity contribution < 1.29 is 21.6 Å². The molecule has 0 saturated carbocycles. The Kier molecular flexibility index (Phi) is 8.33. The fraction of sp³-hybridized carbons (Fsp3) is 0.240. The van der Waals surface area contributed by atoms with Crippen LogP contribution < -0.4 is 9.62 Å². The molecule has 0 unspecified atom stereocenters. The van der Waals surface area contributed by atoms with E-state index in [4.69, 9.17) is 0 Å². The van der Waals surface area contributed by atoms with Gasteiger partial charge in [0, 0.05) is 22.3 Å².